The summed E-state index contributed by atoms with van der Waals surface area (Å²) in [5.41, 5.74) is -0.224. The summed E-state index contributed by atoms with van der Waals surface area (Å²) < 4.78 is 0. The van der Waals surface area contributed by atoms with Gasteiger partial charge < -0.3 is 10.6 Å². The Morgan fingerprint density at radius 3 is 3.05 bits per heavy atom. The van der Waals surface area contributed by atoms with E-state index in [1.165, 1.54) is 0 Å². The summed E-state index contributed by atoms with van der Waals surface area (Å²) >= 11 is 5.86. The Bertz CT molecular complexity index is 546. The van der Waals surface area contributed by atoms with Gasteiger partial charge in [0.15, 0.2) is 0 Å². The third-order valence-electron chi connectivity index (χ3n) is 3.68. The monoisotopic (exact) mass is 312 g/mol. The van der Waals surface area contributed by atoms with Crippen molar-refractivity contribution in [2.24, 2.45) is 5.92 Å². The molecule has 2 rings (SSSR count). The first-order valence-corrected chi connectivity index (χ1v) is 7.18. The van der Waals surface area contributed by atoms with E-state index in [0.29, 0.717) is 5.92 Å². The fourth-order valence-corrected chi connectivity index (χ4v) is 2.59. The lowest BCUT2D eigenvalue weighted by Crippen LogP contribution is -2.44. The normalized spacial score (nSPS) is 19.8. The second-order valence-electron chi connectivity index (χ2n) is 5.16. The Morgan fingerprint density at radius 1 is 1.67 bits per heavy atom. The van der Waals surface area contributed by atoms with Crippen molar-refractivity contribution in [3.63, 3.8) is 0 Å². The van der Waals surface area contributed by atoms with Crippen LogP contribution in [0.2, 0.25) is 5.15 Å². The second kappa shape index (κ2) is 6.82. The molecule has 2 heterocycles. The van der Waals surface area contributed by atoms with Gasteiger partial charge in [0.1, 0.15) is 11.3 Å². The first-order valence-electron chi connectivity index (χ1n) is 6.80. The van der Waals surface area contributed by atoms with E-state index in [1.807, 2.05) is 6.92 Å². The number of nitrogens with one attached hydrogen (secondary N) is 2. The van der Waals surface area contributed by atoms with Crippen molar-refractivity contribution in [3.05, 3.63) is 33.1 Å². The summed E-state index contributed by atoms with van der Waals surface area (Å²) in [6, 6.07) is 1.11. The number of piperidine rings is 1. The van der Waals surface area contributed by atoms with Crippen LogP contribution in [0, 0.1) is 16.0 Å². The maximum Gasteiger partial charge on any atom is 0.288 e. The number of amides is 1. The first-order chi connectivity index (χ1) is 9.99. The van der Waals surface area contributed by atoms with Gasteiger partial charge in [0.25, 0.3) is 11.6 Å². The van der Waals surface area contributed by atoms with Crippen molar-refractivity contribution < 1.29 is 9.72 Å². The van der Waals surface area contributed by atoms with Crippen LogP contribution in [-0.2, 0) is 0 Å². The molecule has 1 amide bonds. The van der Waals surface area contributed by atoms with Gasteiger partial charge in [-0.3, -0.25) is 14.9 Å². The zero-order valence-corrected chi connectivity index (χ0v) is 12.4. The number of hydrogen-bond donors (Lipinski definition) is 2. The molecule has 8 heteroatoms. The number of nitro groups is 1. The van der Waals surface area contributed by atoms with E-state index in [-0.39, 0.29) is 22.4 Å². The van der Waals surface area contributed by atoms with Crippen molar-refractivity contribution in [2.45, 2.75) is 25.8 Å². The Hall–Kier alpha value is -1.73. The molecule has 0 bridgehead atoms. The van der Waals surface area contributed by atoms with Crippen LogP contribution < -0.4 is 10.6 Å². The molecule has 1 fully saturated rings. The summed E-state index contributed by atoms with van der Waals surface area (Å²) in [7, 11) is 0. The highest BCUT2D eigenvalue weighted by Crippen LogP contribution is 2.20. The summed E-state index contributed by atoms with van der Waals surface area (Å²) in [5.74, 6) is -0.0950. The smallest absolute Gasteiger partial charge is 0.288 e. The molecule has 0 radical (unpaired) electrons. The predicted molar refractivity (Wildman–Crippen MR) is 78.4 cm³/mol. The van der Waals surface area contributed by atoms with Crippen LogP contribution in [-0.4, -0.2) is 34.9 Å². The average Bonchev–Trinajstić information content (AvgIpc) is 2.48. The number of halogens is 1. The summed E-state index contributed by atoms with van der Waals surface area (Å²) in [6.45, 7) is 3.77. The molecule has 7 nitrogen and oxygen atoms in total. The molecule has 114 valence electrons. The molecule has 2 unspecified atom stereocenters. The Kier molecular flexibility index (Phi) is 5.08. The molecule has 1 aromatic rings. The van der Waals surface area contributed by atoms with Gasteiger partial charge in [-0.2, -0.15) is 0 Å². The molecule has 0 aliphatic carbocycles. The van der Waals surface area contributed by atoms with Gasteiger partial charge in [-0.05, 0) is 38.8 Å². The SMILES string of the molecule is CC(NC(=O)c1cc([N+](=O)[O-])cnc1Cl)C1CCCNC1. The third-order valence-corrected chi connectivity index (χ3v) is 3.98. The molecule has 1 aromatic heterocycles. The molecular formula is C13H17ClN4O3. The van der Waals surface area contributed by atoms with E-state index in [0.717, 1.165) is 38.2 Å². The molecule has 2 atom stereocenters. The molecular weight excluding hydrogens is 296 g/mol. The minimum atomic E-state index is -0.603. The highest BCUT2D eigenvalue weighted by Gasteiger charge is 2.24. The summed E-state index contributed by atoms with van der Waals surface area (Å²) in [6.07, 6.45) is 3.15. The first kappa shape index (κ1) is 15.7. The number of carbonyl (C=O) groups is 1. The average molecular weight is 313 g/mol. The lowest BCUT2D eigenvalue weighted by Gasteiger charge is -2.28. The molecule has 1 aliphatic heterocycles. The standard InChI is InChI=1S/C13H17ClN4O3/c1-8(9-3-2-4-15-6-9)17-13(19)11-5-10(18(20)21)7-16-12(11)14/h5,7-9,15H,2-4,6H2,1H3,(H,17,19). The van der Waals surface area contributed by atoms with E-state index in [9.17, 15) is 14.9 Å². The third kappa shape index (κ3) is 3.89. The molecule has 0 saturated carbocycles. The Labute approximate surface area is 127 Å². The number of carbonyl (C=O) groups excluding carboxylic acids is 1. The van der Waals surface area contributed by atoms with Crippen LogP contribution in [0.4, 0.5) is 5.69 Å². The number of aromatic nitrogens is 1. The minimum absolute atomic E-state index is 0.0292. The molecule has 1 aliphatic rings. The van der Waals surface area contributed by atoms with Crippen LogP contribution in [0.5, 0.6) is 0 Å². The van der Waals surface area contributed by atoms with Gasteiger partial charge in [-0.15, -0.1) is 0 Å². The lowest BCUT2D eigenvalue weighted by atomic mass is 9.92. The van der Waals surface area contributed by atoms with Gasteiger partial charge in [0, 0.05) is 12.1 Å². The number of pyridine rings is 1. The second-order valence-corrected chi connectivity index (χ2v) is 5.52. The van der Waals surface area contributed by atoms with Crippen LogP contribution >= 0.6 is 11.6 Å². The fraction of sp³-hybridized carbons (Fsp3) is 0.538. The molecule has 0 spiro atoms. The van der Waals surface area contributed by atoms with Gasteiger partial charge in [0.05, 0.1) is 10.5 Å². The van der Waals surface area contributed by atoms with Gasteiger partial charge >= 0.3 is 0 Å². The molecule has 1 saturated heterocycles. The highest BCUT2D eigenvalue weighted by atomic mass is 35.5. The van der Waals surface area contributed by atoms with Crippen LogP contribution in [0.15, 0.2) is 12.3 Å². The van der Waals surface area contributed by atoms with Gasteiger partial charge in [-0.1, -0.05) is 11.6 Å². The van der Waals surface area contributed by atoms with Crippen molar-refractivity contribution in [1.82, 2.24) is 15.6 Å². The predicted octanol–water partition coefficient (Wildman–Crippen LogP) is 1.76. The maximum absolute atomic E-state index is 12.2. The molecule has 21 heavy (non-hydrogen) atoms. The van der Waals surface area contributed by atoms with E-state index < -0.39 is 10.8 Å². The summed E-state index contributed by atoms with van der Waals surface area (Å²) in [4.78, 5) is 26.0. The zero-order valence-electron chi connectivity index (χ0n) is 11.6. The zero-order chi connectivity index (χ0) is 15.4. The minimum Gasteiger partial charge on any atom is -0.349 e. The quantitative estimate of drug-likeness (QED) is 0.501. The highest BCUT2D eigenvalue weighted by molar-refractivity contribution is 6.32. The van der Waals surface area contributed by atoms with Gasteiger partial charge in [-0.25, -0.2) is 4.98 Å². The van der Waals surface area contributed by atoms with Crippen molar-refractivity contribution in [1.29, 1.82) is 0 Å². The fourth-order valence-electron chi connectivity index (χ4n) is 2.40. The van der Waals surface area contributed by atoms with Crippen LogP contribution in [0.1, 0.15) is 30.1 Å². The summed E-state index contributed by atoms with van der Waals surface area (Å²) in [5, 5.41) is 16.8. The largest absolute Gasteiger partial charge is 0.349 e. The van der Waals surface area contributed by atoms with E-state index in [2.05, 4.69) is 15.6 Å². The van der Waals surface area contributed by atoms with Gasteiger partial charge in [0.2, 0.25) is 0 Å². The van der Waals surface area contributed by atoms with Crippen LogP contribution in [0.3, 0.4) is 0 Å². The lowest BCUT2D eigenvalue weighted by molar-refractivity contribution is -0.385. The number of hydrogen-bond acceptors (Lipinski definition) is 5. The van der Waals surface area contributed by atoms with Crippen LogP contribution in [0.25, 0.3) is 0 Å². The van der Waals surface area contributed by atoms with E-state index in [4.69, 9.17) is 11.6 Å². The number of nitrogens with zero attached hydrogens (tertiary/aromatic N) is 2. The van der Waals surface area contributed by atoms with Crippen molar-refractivity contribution in [2.75, 3.05) is 13.1 Å². The number of rotatable bonds is 4. The van der Waals surface area contributed by atoms with E-state index >= 15 is 0 Å². The topological polar surface area (TPSA) is 97.2 Å². The molecule has 0 aromatic carbocycles. The molecule has 2 N–H and O–H groups in total. The Morgan fingerprint density at radius 2 is 2.43 bits per heavy atom. The Balaban J connectivity index is 2.08. The van der Waals surface area contributed by atoms with Crippen molar-refractivity contribution in [3.8, 4) is 0 Å². The maximum atomic E-state index is 12.2. The van der Waals surface area contributed by atoms with Crippen molar-refractivity contribution >= 4 is 23.2 Å². The van der Waals surface area contributed by atoms with E-state index in [1.54, 1.807) is 0 Å².